The quantitative estimate of drug-likeness (QED) is 0.252. The van der Waals surface area contributed by atoms with Crippen molar-refractivity contribution in [3.63, 3.8) is 0 Å². The summed E-state index contributed by atoms with van der Waals surface area (Å²) in [5, 5.41) is 3.27. The Balaban J connectivity index is 1.48. The lowest BCUT2D eigenvalue weighted by Crippen LogP contribution is -2.55. The lowest BCUT2D eigenvalue weighted by Gasteiger charge is -2.42. The number of likely N-dealkylation sites (tertiary alicyclic amines) is 1. The first-order valence-electron chi connectivity index (χ1n) is 12.8. The van der Waals surface area contributed by atoms with E-state index in [0.29, 0.717) is 28.9 Å². The third-order valence-electron chi connectivity index (χ3n) is 6.68. The number of amides is 1. The molecule has 3 heterocycles. The number of aryl methyl sites for hydroxylation is 1. The Kier molecular flexibility index (Phi) is 8.51. The van der Waals surface area contributed by atoms with Gasteiger partial charge in [0.15, 0.2) is 5.82 Å². The van der Waals surface area contributed by atoms with Crippen LogP contribution in [-0.2, 0) is 11.8 Å². The summed E-state index contributed by atoms with van der Waals surface area (Å²) in [5.41, 5.74) is 0.432. The minimum atomic E-state index is -2.95. The topological polar surface area (TPSA) is 114 Å². The number of ether oxygens (including phenoxy) is 2. The molecule has 1 aliphatic rings. The van der Waals surface area contributed by atoms with E-state index in [2.05, 4.69) is 20.3 Å². The van der Waals surface area contributed by atoms with Crippen molar-refractivity contribution in [1.82, 2.24) is 24.4 Å². The highest BCUT2D eigenvalue weighted by atomic mass is 35.5. The van der Waals surface area contributed by atoms with Gasteiger partial charge in [-0.15, -0.1) is 0 Å². The number of alkyl halides is 2. The van der Waals surface area contributed by atoms with Crippen LogP contribution in [0.15, 0.2) is 23.1 Å². The Hall–Kier alpha value is -3.12. The van der Waals surface area contributed by atoms with Crippen LogP contribution < -0.4 is 15.7 Å². The van der Waals surface area contributed by atoms with Crippen molar-refractivity contribution in [3.8, 4) is 5.75 Å². The average Bonchev–Trinajstić information content (AvgIpc) is 3.13. The number of aromatic amines is 1. The zero-order valence-electron chi connectivity index (χ0n) is 22.9. The fraction of sp³-hybridized carbons (Fsp3) is 0.538. The van der Waals surface area contributed by atoms with Crippen molar-refractivity contribution in [2.45, 2.75) is 52.1 Å². The van der Waals surface area contributed by atoms with Gasteiger partial charge >= 0.3 is 11.8 Å². The summed E-state index contributed by atoms with van der Waals surface area (Å²) in [6, 6.07) is 3.34. The number of H-pyrrole nitrogens is 1. The van der Waals surface area contributed by atoms with Gasteiger partial charge < -0.3 is 24.7 Å². The molecule has 40 heavy (non-hydrogen) atoms. The standard InChI is InChI=1S/C26H32Cl2F2N6O4/c1-14-12-36(24(38)40-25(2,3)4)13-15(26(14,29)30)7-6-8-39-19-10-16(9-18-20(19)35(5)23(37)33-18)32-21-17(27)11-31-22(28)34-21/h9-11,14-15H,6-8,12-13H2,1-5H3,(H,33,37)(H,31,32,34)/t14-,15+/m1/s1. The fourth-order valence-corrected chi connectivity index (χ4v) is 4.96. The Morgan fingerprint density at radius 3 is 2.70 bits per heavy atom. The summed E-state index contributed by atoms with van der Waals surface area (Å²) in [5.74, 6) is -4.40. The maximum Gasteiger partial charge on any atom is 0.410 e. The molecule has 0 radical (unpaired) electrons. The number of imidazole rings is 1. The minimum absolute atomic E-state index is 0.00311. The molecule has 2 aromatic heterocycles. The number of nitrogens with zero attached hydrogens (tertiary/aromatic N) is 4. The second-order valence-electron chi connectivity index (χ2n) is 11.0. The second-order valence-corrected chi connectivity index (χ2v) is 11.7. The number of fused-ring (bicyclic) bond motifs is 1. The van der Waals surface area contributed by atoms with Gasteiger partial charge in [0, 0.05) is 43.7 Å². The molecule has 0 unspecified atom stereocenters. The van der Waals surface area contributed by atoms with E-state index < -0.39 is 29.5 Å². The maximum atomic E-state index is 15.1. The largest absolute Gasteiger partial charge is 0.491 e. The Labute approximate surface area is 240 Å². The number of carbonyl (C=O) groups is 1. The zero-order chi connectivity index (χ0) is 29.4. The van der Waals surface area contributed by atoms with Crippen LogP contribution in [0, 0.1) is 11.8 Å². The molecule has 3 aromatic rings. The van der Waals surface area contributed by atoms with E-state index in [-0.39, 0.29) is 47.9 Å². The van der Waals surface area contributed by atoms with Crippen LogP contribution in [-0.4, -0.2) is 61.7 Å². The number of piperidine rings is 1. The molecular weight excluding hydrogens is 569 g/mol. The van der Waals surface area contributed by atoms with Crippen molar-refractivity contribution >= 4 is 51.8 Å². The number of rotatable bonds is 7. The van der Waals surface area contributed by atoms with Crippen molar-refractivity contribution in [2.24, 2.45) is 18.9 Å². The molecule has 0 spiro atoms. The lowest BCUT2D eigenvalue weighted by molar-refractivity contribution is -0.145. The Morgan fingerprint density at radius 2 is 2.00 bits per heavy atom. The third-order valence-corrected chi connectivity index (χ3v) is 7.14. The van der Waals surface area contributed by atoms with Gasteiger partial charge in [-0.1, -0.05) is 18.5 Å². The summed E-state index contributed by atoms with van der Waals surface area (Å²) < 4.78 is 43.0. The molecule has 10 nitrogen and oxygen atoms in total. The third kappa shape index (κ3) is 6.60. The first-order chi connectivity index (χ1) is 18.7. The van der Waals surface area contributed by atoms with Crippen molar-refractivity contribution in [2.75, 3.05) is 25.0 Å². The number of nitrogens with one attached hydrogen (secondary N) is 2. The van der Waals surface area contributed by atoms with Crippen molar-refractivity contribution in [3.05, 3.63) is 39.1 Å². The predicted molar refractivity (Wildman–Crippen MR) is 149 cm³/mol. The molecule has 1 saturated heterocycles. The van der Waals surface area contributed by atoms with Gasteiger partial charge in [-0.3, -0.25) is 4.57 Å². The van der Waals surface area contributed by atoms with Gasteiger partial charge in [0.05, 0.1) is 18.3 Å². The molecule has 2 N–H and O–H groups in total. The average molecular weight is 601 g/mol. The van der Waals surface area contributed by atoms with Crippen molar-refractivity contribution in [1.29, 1.82) is 0 Å². The van der Waals surface area contributed by atoms with Gasteiger partial charge in [0.25, 0.3) is 5.92 Å². The summed E-state index contributed by atoms with van der Waals surface area (Å²) in [7, 11) is 1.59. The molecule has 0 aliphatic carbocycles. The number of halogens is 4. The molecule has 0 saturated carbocycles. The molecule has 0 bridgehead atoms. The SMILES string of the molecule is C[C@@H]1CN(C(=O)OC(C)(C)C)C[C@H](CCCOc2cc(Nc3nc(Cl)ncc3Cl)cc3[nH]c(=O)n(C)c23)C1(F)F. The summed E-state index contributed by atoms with van der Waals surface area (Å²) in [6.07, 6.45) is 1.17. The monoisotopic (exact) mass is 600 g/mol. The van der Waals surface area contributed by atoms with Gasteiger partial charge in [0.2, 0.25) is 5.28 Å². The minimum Gasteiger partial charge on any atom is -0.491 e. The second kappa shape index (κ2) is 11.4. The van der Waals surface area contributed by atoms with E-state index in [0.717, 1.165) is 0 Å². The number of benzene rings is 1. The molecule has 218 valence electrons. The van der Waals surface area contributed by atoms with Gasteiger partial charge in [-0.2, -0.15) is 4.98 Å². The molecule has 14 heteroatoms. The predicted octanol–water partition coefficient (Wildman–Crippen LogP) is 6.00. The van der Waals surface area contributed by atoms with Gasteiger partial charge in [-0.25, -0.2) is 23.4 Å². The fourth-order valence-electron chi connectivity index (χ4n) is 4.69. The smallest absolute Gasteiger partial charge is 0.410 e. The van der Waals surface area contributed by atoms with Crippen LogP contribution in [0.2, 0.25) is 10.3 Å². The molecule has 4 rings (SSSR count). The maximum absolute atomic E-state index is 15.1. The highest BCUT2D eigenvalue weighted by Crippen LogP contribution is 2.40. The van der Waals surface area contributed by atoms with Crippen LogP contribution >= 0.6 is 23.2 Å². The van der Waals surface area contributed by atoms with E-state index in [1.807, 2.05) is 0 Å². The highest BCUT2D eigenvalue weighted by Gasteiger charge is 2.50. The molecule has 1 fully saturated rings. The van der Waals surface area contributed by atoms with E-state index in [1.54, 1.807) is 40.0 Å². The van der Waals surface area contributed by atoms with Crippen LogP contribution in [0.4, 0.5) is 25.1 Å². The summed E-state index contributed by atoms with van der Waals surface area (Å²) >= 11 is 12.1. The van der Waals surface area contributed by atoms with E-state index in [9.17, 15) is 9.59 Å². The van der Waals surface area contributed by atoms with Crippen LogP contribution in [0.1, 0.15) is 40.5 Å². The Bertz CT molecular complexity index is 1460. The van der Waals surface area contributed by atoms with Crippen LogP contribution in [0.3, 0.4) is 0 Å². The van der Waals surface area contributed by atoms with E-state index in [4.69, 9.17) is 32.7 Å². The first-order valence-corrected chi connectivity index (χ1v) is 13.6. The highest BCUT2D eigenvalue weighted by molar-refractivity contribution is 6.33. The van der Waals surface area contributed by atoms with Crippen LogP contribution in [0.25, 0.3) is 11.0 Å². The Morgan fingerprint density at radius 1 is 1.27 bits per heavy atom. The zero-order valence-corrected chi connectivity index (χ0v) is 24.4. The molecule has 1 amide bonds. The number of carbonyl (C=O) groups excluding carboxylic acids is 1. The number of anilines is 2. The lowest BCUT2D eigenvalue weighted by atomic mass is 9.83. The van der Waals surface area contributed by atoms with E-state index in [1.165, 1.54) is 22.6 Å². The number of aromatic nitrogens is 4. The number of hydrogen-bond donors (Lipinski definition) is 2. The normalized spacial score (nSPS) is 19.1. The summed E-state index contributed by atoms with van der Waals surface area (Å²) in [6.45, 7) is 6.58. The number of hydrogen-bond acceptors (Lipinski definition) is 7. The van der Waals surface area contributed by atoms with E-state index >= 15 is 8.78 Å². The van der Waals surface area contributed by atoms with Gasteiger partial charge in [-0.05, 0) is 51.3 Å². The first kappa shape index (κ1) is 29.9. The summed E-state index contributed by atoms with van der Waals surface area (Å²) in [4.78, 5) is 36.9. The molecule has 2 atom stereocenters. The van der Waals surface area contributed by atoms with Crippen molar-refractivity contribution < 1.29 is 23.0 Å². The molecule has 1 aromatic carbocycles. The van der Waals surface area contributed by atoms with Gasteiger partial charge in [0.1, 0.15) is 21.9 Å². The molecular formula is C26H32Cl2F2N6O4. The van der Waals surface area contributed by atoms with Crippen LogP contribution in [0.5, 0.6) is 5.75 Å². The molecule has 1 aliphatic heterocycles.